The van der Waals surface area contributed by atoms with Crippen molar-refractivity contribution in [2.24, 2.45) is 5.84 Å². The van der Waals surface area contributed by atoms with Crippen molar-refractivity contribution < 1.29 is 4.79 Å². The lowest BCUT2D eigenvalue weighted by Gasteiger charge is -1.97. The number of carbonyl (C=O) groups is 1. The molecule has 0 aromatic carbocycles. The Hall–Kier alpha value is -0.660. The summed E-state index contributed by atoms with van der Waals surface area (Å²) in [6.45, 7) is 2.03. The van der Waals surface area contributed by atoms with Crippen LogP contribution in [0.5, 0.6) is 0 Å². The first kappa shape index (κ1) is 12.4. The third-order valence-corrected chi connectivity index (χ3v) is 3.66. The predicted octanol–water partition coefficient (Wildman–Crippen LogP) is 0.963. The number of amides is 1. The number of nitrogens with two attached hydrogens (primary N) is 1. The molecule has 5 nitrogen and oxygen atoms in total. The minimum absolute atomic E-state index is 0.123. The van der Waals surface area contributed by atoms with Crippen molar-refractivity contribution in [1.82, 2.24) is 14.8 Å². The fraction of sp³-hybridized carbons (Fsp3) is 0.625. The van der Waals surface area contributed by atoms with Gasteiger partial charge in [0.25, 0.3) is 0 Å². The van der Waals surface area contributed by atoms with Gasteiger partial charge in [-0.2, -0.15) is 4.37 Å². The molecule has 0 aliphatic rings. The maximum atomic E-state index is 10.8. The first-order valence-corrected chi connectivity index (χ1v) is 6.47. The fourth-order valence-corrected chi connectivity index (χ4v) is 2.61. The molecule has 84 valence electrons. The van der Waals surface area contributed by atoms with Gasteiger partial charge in [0.15, 0.2) is 4.34 Å². The Labute approximate surface area is 97.0 Å². The van der Waals surface area contributed by atoms with Gasteiger partial charge in [0, 0.05) is 18.6 Å². The standard InChI is InChI=1S/C8H14N4OS2/c1-2-6-10-8(15-12-6)14-5-3-4-7(13)11-9/h2-5,9H2,1H3,(H,11,13). The minimum atomic E-state index is -0.123. The van der Waals surface area contributed by atoms with Crippen molar-refractivity contribution >= 4 is 29.2 Å². The van der Waals surface area contributed by atoms with Gasteiger partial charge < -0.3 is 0 Å². The van der Waals surface area contributed by atoms with Crippen molar-refractivity contribution in [3.63, 3.8) is 0 Å². The molecule has 0 unspecified atom stereocenters. The SMILES string of the molecule is CCc1nsc(SCCCC(=O)NN)n1. The second kappa shape index (κ2) is 6.76. The van der Waals surface area contributed by atoms with Gasteiger partial charge in [0.05, 0.1) is 0 Å². The molecule has 0 bridgehead atoms. The zero-order chi connectivity index (χ0) is 11.1. The lowest BCUT2D eigenvalue weighted by Crippen LogP contribution is -2.29. The highest BCUT2D eigenvalue weighted by atomic mass is 32.2. The number of nitrogens with one attached hydrogen (secondary N) is 1. The van der Waals surface area contributed by atoms with Crippen LogP contribution in [0, 0.1) is 0 Å². The van der Waals surface area contributed by atoms with E-state index in [1.165, 1.54) is 11.5 Å². The third-order valence-electron chi connectivity index (χ3n) is 1.70. The number of aryl methyl sites for hydroxylation is 1. The highest BCUT2D eigenvalue weighted by molar-refractivity contribution is 8.00. The molecule has 15 heavy (non-hydrogen) atoms. The number of thioether (sulfide) groups is 1. The fourth-order valence-electron chi connectivity index (χ4n) is 0.905. The van der Waals surface area contributed by atoms with Gasteiger partial charge in [-0.25, -0.2) is 10.8 Å². The Morgan fingerprint density at radius 1 is 1.67 bits per heavy atom. The molecular weight excluding hydrogens is 232 g/mol. The van der Waals surface area contributed by atoms with Crippen LogP contribution in [-0.2, 0) is 11.2 Å². The second-order valence-electron chi connectivity index (χ2n) is 2.85. The quantitative estimate of drug-likeness (QED) is 0.257. The Morgan fingerprint density at radius 2 is 2.47 bits per heavy atom. The summed E-state index contributed by atoms with van der Waals surface area (Å²) in [7, 11) is 0. The summed E-state index contributed by atoms with van der Waals surface area (Å²) in [6.07, 6.45) is 2.13. The van der Waals surface area contributed by atoms with Gasteiger partial charge in [0.1, 0.15) is 5.82 Å². The predicted molar refractivity (Wildman–Crippen MR) is 61.6 cm³/mol. The molecule has 0 aliphatic carbocycles. The van der Waals surface area contributed by atoms with Crippen molar-refractivity contribution in [3.8, 4) is 0 Å². The number of aromatic nitrogens is 2. The summed E-state index contributed by atoms with van der Waals surface area (Å²) < 4.78 is 5.15. The number of hydrazine groups is 1. The van der Waals surface area contributed by atoms with Crippen LogP contribution in [0.2, 0.25) is 0 Å². The highest BCUT2D eigenvalue weighted by Gasteiger charge is 2.03. The number of nitrogens with zero attached hydrogens (tertiary/aromatic N) is 2. The van der Waals surface area contributed by atoms with E-state index in [4.69, 9.17) is 5.84 Å². The maximum absolute atomic E-state index is 10.8. The van der Waals surface area contributed by atoms with E-state index in [0.29, 0.717) is 6.42 Å². The monoisotopic (exact) mass is 246 g/mol. The molecule has 1 rings (SSSR count). The largest absolute Gasteiger partial charge is 0.294 e. The molecule has 0 aliphatic heterocycles. The van der Waals surface area contributed by atoms with E-state index >= 15 is 0 Å². The summed E-state index contributed by atoms with van der Waals surface area (Å²) >= 11 is 3.05. The Morgan fingerprint density at radius 3 is 3.07 bits per heavy atom. The summed E-state index contributed by atoms with van der Waals surface area (Å²) in [6, 6.07) is 0. The molecule has 1 heterocycles. The van der Waals surface area contributed by atoms with Crippen molar-refractivity contribution in [3.05, 3.63) is 5.82 Å². The van der Waals surface area contributed by atoms with Crippen LogP contribution in [0.3, 0.4) is 0 Å². The molecule has 0 radical (unpaired) electrons. The zero-order valence-corrected chi connectivity index (χ0v) is 10.2. The summed E-state index contributed by atoms with van der Waals surface area (Å²) in [5.74, 6) is 6.59. The normalized spacial score (nSPS) is 10.3. The van der Waals surface area contributed by atoms with E-state index in [1.54, 1.807) is 11.8 Å². The Balaban J connectivity index is 2.17. The topological polar surface area (TPSA) is 80.9 Å². The second-order valence-corrected chi connectivity index (χ2v) is 4.94. The zero-order valence-electron chi connectivity index (χ0n) is 8.52. The Kier molecular flexibility index (Phi) is 5.59. The smallest absolute Gasteiger partial charge is 0.233 e. The first-order valence-electron chi connectivity index (χ1n) is 4.71. The van der Waals surface area contributed by atoms with E-state index in [-0.39, 0.29) is 5.91 Å². The molecule has 0 atom stereocenters. The minimum Gasteiger partial charge on any atom is -0.294 e. The lowest BCUT2D eigenvalue weighted by molar-refractivity contribution is -0.121. The van der Waals surface area contributed by atoms with Gasteiger partial charge in [-0.1, -0.05) is 18.7 Å². The van der Waals surface area contributed by atoms with E-state index in [1.807, 2.05) is 6.92 Å². The summed E-state index contributed by atoms with van der Waals surface area (Å²) in [5, 5.41) is 0. The summed E-state index contributed by atoms with van der Waals surface area (Å²) in [5.41, 5.74) is 2.10. The molecule has 1 aromatic rings. The van der Waals surface area contributed by atoms with Crippen LogP contribution < -0.4 is 11.3 Å². The highest BCUT2D eigenvalue weighted by Crippen LogP contribution is 2.21. The molecular formula is C8H14N4OS2. The molecule has 1 amide bonds. The Bertz CT molecular complexity index is 315. The van der Waals surface area contributed by atoms with Crippen molar-refractivity contribution in [2.75, 3.05) is 5.75 Å². The van der Waals surface area contributed by atoms with Crippen molar-refractivity contribution in [2.45, 2.75) is 30.5 Å². The van der Waals surface area contributed by atoms with Crippen LogP contribution in [0.1, 0.15) is 25.6 Å². The molecule has 0 saturated carbocycles. The van der Waals surface area contributed by atoms with Crippen LogP contribution in [0.15, 0.2) is 4.34 Å². The van der Waals surface area contributed by atoms with Gasteiger partial charge in [-0.15, -0.1) is 0 Å². The van der Waals surface area contributed by atoms with Gasteiger partial charge in [-0.05, 0) is 18.0 Å². The van der Waals surface area contributed by atoms with Crippen LogP contribution in [0.4, 0.5) is 0 Å². The molecule has 0 fully saturated rings. The van der Waals surface area contributed by atoms with Gasteiger partial charge in [0.2, 0.25) is 5.91 Å². The average molecular weight is 246 g/mol. The van der Waals surface area contributed by atoms with E-state index < -0.39 is 0 Å². The van der Waals surface area contributed by atoms with Crippen LogP contribution in [0.25, 0.3) is 0 Å². The van der Waals surface area contributed by atoms with Gasteiger partial charge >= 0.3 is 0 Å². The molecule has 0 spiro atoms. The van der Waals surface area contributed by atoms with Gasteiger partial charge in [-0.3, -0.25) is 10.2 Å². The lowest BCUT2D eigenvalue weighted by atomic mass is 10.3. The van der Waals surface area contributed by atoms with Crippen LogP contribution >= 0.6 is 23.3 Å². The average Bonchev–Trinajstić information content (AvgIpc) is 2.72. The molecule has 0 saturated heterocycles. The number of carbonyl (C=O) groups excluding carboxylic acids is 1. The third kappa shape index (κ3) is 4.59. The molecule has 3 N–H and O–H groups in total. The molecule has 7 heteroatoms. The van der Waals surface area contributed by atoms with Crippen LogP contribution in [-0.4, -0.2) is 21.0 Å². The van der Waals surface area contributed by atoms with E-state index in [2.05, 4.69) is 14.8 Å². The molecule has 1 aromatic heterocycles. The maximum Gasteiger partial charge on any atom is 0.233 e. The number of hydrogen-bond donors (Lipinski definition) is 2. The summed E-state index contributed by atoms with van der Waals surface area (Å²) in [4.78, 5) is 15.1. The van der Waals surface area contributed by atoms with E-state index in [9.17, 15) is 4.79 Å². The number of hydrogen-bond acceptors (Lipinski definition) is 6. The first-order chi connectivity index (χ1) is 7.26. The van der Waals surface area contributed by atoms with E-state index in [0.717, 1.165) is 28.8 Å². The number of rotatable bonds is 6. The van der Waals surface area contributed by atoms with Crippen molar-refractivity contribution in [1.29, 1.82) is 0 Å².